The summed E-state index contributed by atoms with van der Waals surface area (Å²) < 4.78 is 0. The van der Waals surface area contributed by atoms with E-state index in [1.165, 1.54) is 0 Å². The van der Waals surface area contributed by atoms with Crippen molar-refractivity contribution in [3.8, 4) is 0 Å². The van der Waals surface area contributed by atoms with Gasteiger partial charge in [0, 0.05) is 5.02 Å². The van der Waals surface area contributed by atoms with E-state index in [2.05, 4.69) is 5.18 Å². The summed E-state index contributed by atoms with van der Waals surface area (Å²) in [6.07, 6.45) is 3.60. The quantitative estimate of drug-likeness (QED) is 0.679. The fourth-order valence-electron chi connectivity index (χ4n) is 0.859. The zero-order valence-corrected chi connectivity index (χ0v) is 8.03. The second-order valence-electron chi connectivity index (χ2n) is 2.76. The molecule has 1 aromatic carbocycles. The van der Waals surface area contributed by atoms with Gasteiger partial charge in [-0.25, -0.2) is 0 Å². The lowest BCUT2D eigenvalue weighted by Gasteiger charge is -1.94. The summed E-state index contributed by atoms with van der Waals surface area (Å²) in [6, 6.07) is 7.10. The second-order valence-corrected chi connectivity index (χ2v) is 3.19. The summed E-state index contributed by atoms with van der Waals surface area (Å²) in [5.74, 6) is 0. The van der Waals surface area contributed by atoms with Crippen LogP contribution in [0.3, 0.4) is 0 Å². The Labute approximate surface area is 82.2 Å². The van der Waals surface area contributed by atoms with E-state index < -0.39 is 0 Å². The lowest BCUT2D eigenvalue weighted by Crippen LogP contribution is -1.87. The first-order chi connectivity index (χ1) is 6.22. The van der Waals surface area contributed by atoms with Gasteiger partial charge in [0.15, 0.2) is 0 Å². The molecule has 0 fully saturated rings. The Morgan fingerprint density at radius 1 is 1.38 bits per heavy atom. The van der Waals surface area contributed by atoms with Crippen molar-refractivity contribution < 1.29 is 0 Å². The van der Waals surface area contributed by atoms with Crippen molar-refractivity contribution in [1.82, 2.24) is 0 Å². The molecule has 0 aliphatic rings. The van der Waals surface area contributed by atoms with E-state index in [-0.39, 0.29) is 6.04 Å². The predicted octanol–water partition coefficient (Wildman–Crippen LogP) is 3.51. The number of hydrogen-bond acceptors (Lipinski definition) is 2. The van der Waals surface area contributed by atoms with Crippen LogP contribution in [-0.4, -0.2) is 6.04 Å². The van der Waals surface area contributed by atoms with Gasteiger partial charge in [-0.15, -0.1) is 0 Å². The van der Waals surface area contributed by atoms with Gasteiger partial charge in [0.1, 0.15) is 6.04 Å². The summed E-state index contributed by atoms with van der Waals surface area (Å²) in [5.41, 5.74) is 1.01. The van der Waals surface area contributed by atoms with Crippen molar-refractivity contribution >= 4 is 17.7 Å². The van der Waals surface area contributed by atoms with Crippen LogP contribution in [0, 0.1) is 4.91 Å². The first-order valence-corrected chi connectivity index (χ1v) is 4.36. The number of benzene rings is 1. The molecule has 0 radical (unpaired) electrons. The summed E-state index contributed by atoms with van der Waals surface area (Å²) in [5, 5.41) is 3.57. The number of nitrogens with zero attached hydrogens (tertiary/aromatic N) is 1. The number of nitroso groups, excluding NO2 is 1. The molecule has 68 valence electrons. The van der Waals surface area contributed by atoms with Crippen LogP contribution >= 0.6 is 11.6 Å². The third-order valence-electron chi connectivity index (χ3n) is 1.60. The predicted molar refractivity (Wildman–Crippen MR) is 55.7 cm³/mol. The Bertz CT molecular complexity index is 305. The number of rotatable bonds is 3. The van der Waals surface area contributed by atoms with Gasteiger partial charge < -0.3 is 0 Å². The van der Waals surface area contributed by atoms with Crippen LogP contribution in [0.4, 0.5) is 0 Å². The van der Waals surface area contributed by atoms with E-state index in [4.69, 9.17) is 11.6 Å². The minimum absolute atomic E-state index is 0.282. The van der Waals surface area contributed by atoms with Crippen molar-refractivity contribution in [1.29, 1.82) is 0 Å². The first kappa shape index (κ1) is 9.93. The smallest absolute Gasteiger partial charge is 0.107 e. The molecule has 13 heavy (non-hydrogen) atoms. The monoisotopic (exact) mass is 195 g/mol. The molecule has 0 bridgehead atoms. The lowest BCUT2D eigenvalue weighted by atomic mass is 10.2. The highest BCUT2D eigenvalue weighted by molar-refractivity contribution is 6.30. The standard InChI is InChI=1S/C10H10ClNO/c1-8(12-13)2-3-9-4-6-10(11)7-5-9/h2-8H,1H3/b3-2+. The van der Waals surface area contributed by atoms with Crippen molar-refractivity contribution in [3.63, 3.8) is 0 Å². The largest absolute Gasteiger partial charge is 0.150 e. The van der Waals surface area contributed by atoms with Crippen molar-refractivity contribution in [2.45, 2.75) is 13.0 Å². The van der Waals surface area contributed by atoms with Crippen molar-refractivity contribution in [3.05, 3.63) is 45.8 Å². The van der Waals surface area contributed by atoms with Gasteiger partial charge in [-0.2, -0.15) is 4.91 Å². The summed E-state index contributed by atoms with van der Waals surface area (Å²) in [7, 11) is 0. The second kappa shape index (κ2) is 4.77. The Balaban J connectivity index is 2.69. The molecule has 0 aliphatic heterocycles. The fraction of sp³-hybridized carbons (Fsp3) is 0.200. The molecular formula is C10H10ClNO. The van der Waals surface area contributed by atoms with Crippen LogP contribution in [0.1, 0.15) is 12.5 Å². The molecule has 1 rings (SSSR count). The Morgan fingerprint density at radius 2 is 2.00 bits per heavy atom. The van der Waals surface area contributed by atoms with Crippen LogP contribution in [0.15, 0.2) is 35.5 Å². The van der Waals surface area contributed by atoms with Gasteiger partial charge in [0.2, 0.25) is 0 Å². The van der Waals surface area contributed by atoms with E-state index in [1.54, 1.807) is 25.1 Å². The molecule has 2 nitrogen and oxygen atoms in total. The summed E-state index contributed by atoms with van der Waals surface area (Å²) in [6.45, 7) is 1.74. The molecule has 0 saturated heterocycles. The molecule has 0 aromatic heterocycles. The van der Waals surface area contributed by atoms with Gasteiger partial charge in [-0.05, 0) is 24.6 Å². The van der Waals surface area contributed by atoms with Crippen molar-refractivity contribution in [2.24, 2.45) is 5.18 Å². The van der Waals surface area contributed by atoms with E-state index in [1.807, 2.05) is 18.2 Å². The molecule has 1 unspecified atom stereocenters. The molecule has 1 aromatic rings. The fourth-order valence-corrected chi connectivity index (χ4v) is 0.985. The van der Waals surface area contributed by atoms with Crippen LogP contribution in [0.5, 0.6) is 0 Å². The average molecular weight is 196 g/mol. The maximum atomic E-state index is 10.1. The summed E-state index contributed by atoms with van der Waals surface area (Å²) in [4.78, 5) is 10.1. The number of hydrogen-bond donors (Lipinski definition) is 0. The van der Waals surface area contributed by atoms with Crippen LogP contribution in [0.2, 0.25) is 5.02 Å². The minimum atomic E-state index is -0.282. The molecule has 0 spiro atoms. The van der Waals surface area contributed by atoms with E-state index in [0.717, 1.165) is 5.56 Å². The Hall–Kier alpha value is -1.15. The zero-order chi connectivity index (χ0) is 9.68. The van der Waals surface area contributed by atoms with Crippen LogP contribution in [0.25, 0.3) is 6.08 Å². The minimum Gasteiger partial charge on any atom is -0.150 e. The van der Waals surface area contributed by atoms with Gasteiger partial charge in [0.05, 0.1) is 0 Å². The average Bonchev–Trinajstić information content (AvgIpc) is 2.16. The van der Waals surface area contributed by atoms with Crippen LogP contribution in [-0.2, 0) is 0 Å². The molecule has 0 N–H and O–H groups in total. The molecule has 0 saturated carbocycles. The SMILES string of the molecule is CC(/C=C/c1ccc(Cl)cc1)N=O. The van der Waals surface area contributed by atoms with Gasteiger partial charge >= 0.3 is 0 Å². The van der Waals surface area contributed by atoms with Gasteiger partial charge in [-0.3, -0.25) is 0 Å². The molecule has 3 heteroatoms. The van der Waals surface area contributed by atoms with E-state index >= 15 is 0 Å². The lowest BCUT2D eigenvalue weighted by molar-refractivity contribution is 0.920. The number of halogens is 1. The Kier molecular flexibility index (Phi) is 3.65. The molecule has 0 amide bonds. The third-order valence-corrected chi connectivity index (χ3v) is 1.86. The molecule has 0 aliphatic carbocycles. The normalized spacial score (nSPS) is 13.1. The molecular weight excluding hydrogens is 186 g/mol. The highest BCUT2D eigenvalue weighted by Crippen LogP contribution is 2.11. The highest BCUT2D eigenvalue weighted by Gasteiger charge is 1.92. The van der Waals surface area contributed by atoms with Crippen LogP contribution < -0.4 is 0 Å². The highest BCUT2D eigenvalue weighted by atomic mass is 35.5. The summed E-state index contributed by atoms with van der Waals surface area (Å²) >= 11 is 5.71. The Morgan fingerprint density at radius 3 is 2.54 bits per heavy atom. The zero-order valence-electron chi connectivity index (χ0n) is 7.27. The third kappa shape index (κ3) is 3.38. The maximum Gasteiger partial charge on any atom is 0.107 e. The van der Waals surface area contributed by atoms with Gasteiger partial charge in [0.25, 0.3) is 0 Å². The van der Waals surface area contributed by atoms with E-state index in [9.17, 15) is 4.91 Å². The first-order valence-electron chi connectivity index (χ1n) is 3.98. The molecule has 0 heterocycles. The van der Waals surface area contributed by atoms with Crippen molar-refractivity contribution in [2.75, 3.05) is 0 Å². The maximum absolute atomic E-state index is 10.1. The topological polar surface area (TPSA) is 29.4 Å². The molecule has 1 atom stereocenters. The van der Waals surface area contributed by atoms with E-state index in [0.29, 0.717) is 5.02 Å². The van der Waals surface area contributed by atoms with Gasteiger partial charge in [-0.1, -0.05) is 41.1 Å².